The molecule has 5 heteroatoms. The van der Waals surface area contributed by atoms with Crippen LogP contribution in [0, 0.1) is 11.8 Å². The molecular formula is C18H25N5. The fourth-order valence-electron chi connectivity index (χ4n) is 3.69. The van der Waals surface area contributed by atoms with Gasteiger partial charge in [0.05, 0.1) is 6.20 Å². The lowest BCUT2D eigenvalue weighted by molar-refractivity contribution is 0.379. The van der Waals surface area contributed by atoms with Crippen LogP contribution in [0.25, 0.3) is 0 Å². The maximum Gasteiger partial charge on any atom is 0.124 e. The Bertz CT molecular complexity index is 623. The Labute approximate surface area is 137 Å². The van der Waals surface area contributed by atoms with Crippen molar-refractivity contribution < 1.29 is 0 Å². The number of fused-ring (bicyclic) bond motifs is 1. The van der Waals surface area contributed by atoms with E-state index in [1.165, 1.54) is 25.2 Å². The van der Waals surface area contributed by atoms with Crippen LogP contribution in [0.2, 0.25) is 0 Å². The number of hydrogen-bond acceptors (Lipinski definition) is 4. The second kappa shape index (κ2) is 6.62. The van der Waals surface area contributed by atoms with Gasteiger partial charge in [-0.25, -0.2) is 4.68 Å². The number of nitrogens with zero attached hydrogens (tertiary/aromatic N) is 3. The molecule has 122 valence electrons. The molecule has 0 radical (unpaired) electrons. The second-order valence-corrected chi connectivity index (χ2v) is 6.74. The van der Waals surface area contributed by atoms with Crippen molar-refractivity contribution in [2.24, 2.45) is 11.8 Å². The monoisotopic (exact) mass is 311 g/mol. The Kier molecular flexibility index (Phi) is 4.20. The molecule has 1 aromatic heterocycles. The predicted octanol–water partition coefficient (Wildman–Crippen LogP) is 2.04. The Balaban J connectivity index is 1.21. The molecule has 23 heavy (non-hydrogen) atoms. The first kappa shape index (κ1) is 14.6. The molecule has 4 rings (SSSR count). The number of anilines is 2. The van der Waals surface area contributed by atoms with E-state index in [0.717, 1.165) is 37.9 Å². The summed E-state index contributed by atoms with van der Waals surface area (Å²) in [7, 11) is 0. The van der Waals surface area contributed by atoms with Gasteiger partial charge < -0.3 is 15.5 Å². The fourth-order valence-corrected chi connectivity index (χ4v) is 3.69. The summed E-state index contributed by atoms with van der Waals surface area (Å²) in [6.07, 6.45) is 3.16. The summed E-state index contributed by atoms with van der Waals surface area (Å²) in [5.41, 5.74) is 1.36. The van der Waals surface area contributed by atoms with Crippen LogP contribution in [0.1, 0.15) is 6.42 Å². The number of nitrogens with one attached hydrogen (secondary N) is 2. The summed E-state index contributed by atoms with van der Waals surface area (Å²) in [6, 6.07) is 12.8. The van der Waals surface area contributed by atoms with E-state index in [2.05, 4.69) is 55.6 Å². The maximum atomic E-state index is 4.36. The van der Waals surface area contributed by atoms with Crippen LogP contribution in [-0.4, -0.2) is 42.5 Å². The molecule has 0 aliphatic carbocycles. The van der Waals surface area contributed by atoms with Gasteiger partial charge in [0.15, 0.2) is 0 Å². The summed E-state index contributed by atoms with van der Waals surface area (Å²) in [4.78, 5) is 2.50. The highest BCUT2D eigenvalue weighted by molar-refractivity contribution is 5.46. The van der Waals surface area contributed by atoms with Crippen LogP contribution < -0.4 is 15.5 Å². The lowest BCUT2D eigenvalue weighted by Crippen LogP contribution is -2.37. The van der Waals surface area contributed by atoms with Crippen LogP contribution in [0.15, 0.2) is 42.6 Å². The Morgan fingerprint density at radius 2 is 1.96 bits per heavy atom. The third-order valence-corrected chi connectivity index (χ3v) is 4.99. The molecule has 2 unspecified atom stereocenters. The molecule has 0 saturated carbocycles. The van der Waals surface area contributed by atoms with Gasteiger partial charge in [-0.2, -0.15) is 5.10 Å². The Morgan fingerprint density at radius 1 is 1.09 bits per heavy atom. The molecule has 2 N–H and O–H groups in total. The summed E-state index contributed by atoms with van der Waals surface area (Å²) in [5, 5.41) is 11.5. The Hall–Kier alpha value is -2.01. The molecule has 0 spiro atoms. The molecule has 0 bridgehead atoms. The zero-order valence-corrected chi connectivity index (χ0v) is 13.5. The van der Waals surface area contributed by atoms with Gasteiger partial charge in [-0.15, -0.1) is 0 Å². The molecule has 3 heterocycles. The van der Waals surface area contributed by atoms with Crippen molar-refractivity contribution in [3.05, 3.63) is 42.6 Å². The Morgan fingerprint density at radius 3 is 2.87 bits per heavy atom. The van der Waals surface area contributed by atoms with E-state index in [1.54, 1.807) is 0 Å². The lowest BCUT2D eigenvalue weighted by atomic mass is 10.1. The highest BCUT2D eigenvalue weighted by Gasteiger charge is 2.23. The molecule has 0 amide bonds. The van der Waals surface area contributed by atoms with Crippen LogP contribution in [0.4, 0.5) is 11.5 Å². The van der Waals surface area contributed by atoms with Gasteiger partial charge in [-0.3, -0.25) is 0 Å². The zero-order chi connectivity index (χ0) is 15.5. The minimum atomic E-state index is 0.619. The second-order valence-electron chi connectivity index (χ2n) is 6.74. The fraction of sp³-hybridized carbons (Fsp3) is 0.500. The van der Waals surface area contributed by atoms with Crippen molar-refractivity contribution in [2.75, 3.05) is 42.9 Å². The molecule has 2 aromatic rings. The van der Waals surface area contributed by atoms with Crippen molar-refractivity contribution in [2.45, 2.75) is 13.0 Å². The van der Waals surface area contributed by atoms with Crippen LogP contribution in [0.5, 0.6) is 0 Å². The molecular weight excluding hydrogens is 286 g/mol. The van der Waals surface area contributed by atoms with Crippen LogP contribution in [-0.2, 0) is 6.54 Å². The number of para-hydroxylation sites is 1. The first-order chi connectivity index (χ1) is 11.4. The van der Waals surface area contributed by atoms with E-state index in [4.69, 9.17) is 0 Å². The molecule has 1 saturated heterocycles. The first-order valence-corrected chi connectivity index (χ1v) is 8.65. The van der Waals surface area contributed by atoms with E-state index < -0.39 is 0 Å². The standard InChI is InChI=1S/C18H25N5/c1-2-4-17(5-3-1)22-9-7-15(13-22)10-19-11-16-12-20-18-6-8-21-23(18)14-16/h1-6,8,15-16,19-20H,7,9-14H2. The van der Waals surface area contributed by atoms with E-state index in [-0.39, 0.29) is 0 Å². The highest BCUT2D eigenvalue weighted by atomic mass is 15.3. The predicted molar refractivity (Wildman–Crippen MR) is 93.8 cm³/mol. The third-order valence-electron chi connectivity index (χ3n) is 4.99. The average molecular weight is 311 g/mol. The first-order valence-electron chi connectivity index (χ1n) is 8.65. The number of benzene rings is 1. The summed E-state index contributed by atoms with van der Waals surface area (Å²) in [5.74, 6) is 2.52. The van der Waals surface area contributed by atoms with Crippen molar-refractivity contribution >= 4 is 11.5 Å². The molecule has 2 aliphatic heterocycles. The SMILES string of the molecule is c1ccc(N2CCC(CNCC3CNc4ccnn4C3)C2)cc1. The minimum Gasteiger partial charge on any atom is -0.371 e. The average Bonchev–Trinajstić information content (AvgIpc) is 3.24. The van der Waals surface area contributed by atoms with Gasteiger partial charge in [-0.05, 0) is 31.0 Å². The minimum absolute atomic E-state index is 0.619. The molecule has 1 fully saturated rings. The van der Waals surface area contributed by atoms with Gasteiger partial charge in [-0.1, -0.05) is 18.2 Å². The normalized spacial score (nSPS) is 23.6. The smallest absolute Gasteiger partial charge is 0.124 e. The third kappa shape index (κ3) is 3.34. The van der Waals surface area contributed by atoms with Crippen molar-refractivity contribution in [3.8, 4) is 0 Å². The van der Waals surface area contributed by atoms with Crippen molar-refractivity contribution in [3.63, 3.8) is 0 Å². The van der Waals surface area contributed by atoms with Crippen molar-refractivity contribution in [1.29, 1.82) is 0 Å². The number of aromatic nitrogens is 2. The molecule has 2 aliphatic rings. The molecule has 2 atom stereocenters. The van der Waals surface area contributed by atoms with Gasteiger partial charge in [0.2, 0.25) is 0 Å². The topological polar surface area (TPSA) is 45.1 Å². The van der Waals surface area contributed by atoms with Gasteiger partial charge >= 0.3 is 0 Å². The summed E-state index contributed by atoms with van der Waals surface area (Å²) >= 11 is 0. The highest BCUT2D eigenvalue weighted by Crippen LogP contribution is 2.23. The quantitative estimate of drug-likeness (QED) is 0.887. The van der Waals surface area contributed by atoms with Gasteiger partial charge in [0, 0.05) is 50.4 Å². The summed E-state index contributed by atoms with van der Waals surface area (Å²) < 4.78 is 2.07. The van der Waals surface area contributed by atoms with E-state index in [9.17, 15) is 0 Å². The van der Waals surface area contributed by atoms with Crippen LogP contribution >= 0.6 is 0 Å². The van der Waals surface area contributed by atoms with Crippen LogP contribution in [0.3, 0.4) is 0 Å². The van der Waals surface area contributed by atoms with Gasteiger partial charge in [0.1, 0.15) is 5.82 Å². The molecule has 5 nitrogen and oxygen atoms in total. The zero-order valence-electron chi connectivity index (χ0n) is 13.5. The van der Waals surface area contributed by atoms with Crippen molar-refractivity contribution in [1.82, 2.24) is 15.1 Å². The van der Waals surface area contributed by atoms with E-state index in [1.807, 2.05) is 12.3 Å². The maximum absolute atomic E-state index is 4.36. The number of hydrogen-bond donors (Lipinski definition) is 2. The summed E-state index contributed by atoms with van der Waals surface area (Å²) in [6.45, 7) is 6.59. The van der Waals surface area contributed by atoms with E-state index >= 15 is 0 Å². The van der Waals surface area contributed by atoms with E-state index in [0.29, 0.717) is 5.92 Å². The number of rotatable bonds is 5. The lowest BCUT2D eigenvalue weighted by Gasteiger charge is -2.25. The largest absolute Gasteiger partial charge is 0.371 e. The molecule has 1 aromatic carbocycles. The van der Waals surface area contributed by atoms with Gasteiger partial charge in [0.25, 0.3) is 0 Å².